The first-order valence-electron chi connectivity index (χ1n) is 12.7. The molecule has 0 atom stereocenters. The van der Waals surface area contributed by atoms with Gasteiger partial charge in [0.2, 0.25) is 0 Å². The lowest BCUT2D eigenvalue weighted by Gasteiger charge is -2.25. The number of benzene rings is 4. The number of aromatic nitrogens is 1. The number of fused-ring (bicyclic) bond motifs is 1. The standard InChI is InChI=1S/C32H29ClN2O3/c33-26-16-17-29-28(22-26)27(19-21-37-38-32(36)25-14-8-3-9-15-25)30(18-20-34)35(29)31(23-10-4-1-5-11-23)24-12-6-2-7-13-24/h1-17,22,31H,18-21,34H2. The highest BCUT2D eigenvalue weighted by Gasteiger charge is 2.25. The fraction of sp³-hybridized carbons (Fsp3) is 0.156. The Bertz CT molecular complexity index is 1460. The van der Waals surface area contributed by atoms with Gasteiger partial charge in [-0.15, -0.1) is 0 Å². The van der Waals surface area contributed by atoms with Crippen LogP contribution in [0.4, 0.5) is 0 Å². The van der Waals surface area contributed by atoms with Crippen molar-refractivity contribution in [3.8, 4) is 0 Å². The van der Waals surface area contributed by atoms with Crippen LogP contribution in [-0.2, 0) is 22.6 Å². The number of rotatable bonds is 10. The number of hydrogen-bond donors (Lipinski definition) is 1. The van der Waals surface area contributed by atoms with E-state index in [0.717, 1.165) is 22.2 Å². The van der Waals surface area contributed by atoms with Gasteiger partial charge >= 0.3 is 5.97 Å². The molecular formula is C32H29ClN2O3. The summed E-state index contributed by atoms with van der Waals surface area (Å²) in [5.74, 6) is -0.522. The molecule has 5 nitrogen and oxygen atoms in total. The summed E-state index contributed by atoms with van der Waals surface area (Å²) >= 11 is 6.48. The van der Waals surface area contributed by atoms with Crippen molar-refractivity contribution >= 4 is 28.5 Å². The normalized spacial score (nSPS) is 11.2. The Morgan fingerprint density at radius 3 is 2.03 bits per heavy atom. The van der Waals surface area contributed by atoms with Crippen LogP contribution in [-0.4, -0.2) is 23.7 Å². The van der Waals surface area contributed by atoms with Crippen molar-refractivity contribution in [2.45, 2.75) is 18.9 Å². The smallest absolute Gasteiger partial charge is 0.333 e. The summed E-state index contributed by atoms with van der Waals surface area (Å²) < 4.78 is 2.37. The number of carbonyl (C=O) groups is 1. The molecule has 38 heavy (non-hydrogen) atoms. The van der Waals surface area contributed by atoms with Gasteiger partial charge in [0, 0.05) is 34.5 Å². The minimum Gasteiger partial charge on any atom is -0.333 e. The quantitative estimate of drug-likeness (QED) is 0.124. The van der Waals surface area contributed by atoms with Crippen molar-refractivity contribution in [3.05, 3.63) is 142 Å². The molecule has 0 aliphatic heterocycles. The van der Waals surface area contributed by atoms with Gasteiger partial charge in [-0.1, -0.05) is 90.5 Å². The Labute approximate surface area is 227 Å². The Morgan fingerprint density at radius 1 is 0.816 bits per heavy atom. The summed E-state index contributed by atoms with van der Waals surface area (Å²) in [6.07, 6.45) is 1.19. The lowest BCUT2D eigenvalue weighted by Crippen LogP contribution is -2.18. The third kappa shape index (κ3) is 5.50. The van der Waals surface area contributed by atoms with Crippen LogP contribution in [0.5, 0.6) is 0 Å². The SMILES string of the molecule is NCCc1c(CCOOC(=O)c2ccccc2)c2cc(Cl)ccc2n1C(c1ccccc1)c1ccccc1. The Hall–Kier alpha value is -3.90. The monoisotopic (exact) mass is 524 g/mol. The summed E-state index contributed by atoms with van der Waals surface area (Å²) in [7, 11) is 0. The molecule has 0 unspecified atom stereocenters. The van der Waals surface area contributed by atoms with Gasteiger partial charge in [0.15, 0.2) is 0 Å². The molecule has 5 aromatic rings. The van der Waals surface area contributed by atoms with Crippen LogP contribution < -0.4 is 5.73 Å². The van der Waals surface area contributed by atoms with Gasteiger partial charge in [0.25, 0.3) is 0 Å². The van der Waals surface area contributed by atoms with E-state index in [2.05, 4.69) is 59.2 Å². The molecule has 4 aromatic carbocycles. The van der Waals surface area contributed by atoms with E-state index >= 15 is 0 Å². The van der Waals surface area contributed by atoms with Crippen LogP contribution in [0.25, 0.3) is 10.9 Å². The number of nitrogens with zero attached hydrogens (tertiary/aromatic N) is 1. The zero-order valence-electron chi connectivity index (χ0n) is 20.9. The fourth-order valence-corrected chi connectivity index (χ4v) is 5.18. The molecule has 0 bridgehead atoms. The zero-order valence-corrected chi connectivity index (χ0v) is 21.7. The molecular weight excluding hydrogens is 496 g/mol. The molecule has 0 saturated carbocycles. The van der Waals surface area contributed by atoms with Crippen LogP contribution in [0.15, 0.2) is 109 Å². The van der Waals surface area contributed by atoms with Gasteiger partial charge in [0.1, 0.15) is 0 Å². The van der Waals surface area contributed by atoms with Crippen molar-refractivity contribution < 1.29 is 14.6 Å². The van der Waals surface area contributed by atoms with Crippen molar-refractivity contribution in [2.24, 2.45) is 5.73 Å². The molecule has 0 saturated heterocycles. The molecule has 0 fully saturated rings. The minimum atomic E-state index is -0.522. The van der Waals surface area contributed by atoms with Crippen molar-refractivity contribution in [1.29, 1.82) is 0 Å². The zero-order chi connectivity index (χ0) is 26.3. The first-order chi connectivity index (χ1) is 18.7. The predicted octanol–water partition coefficient (Wildman–Crippen LogP) is 6.76. The highest BCUT2D eigenvalue weighted by atomic mass is 35.5. The highest BCUT2D eigenvalue weighted by Crippen LogP contribution is 2.37. The third-order valence-corrected chi connectivity index (χ3v) is 6.87. The van der Waals surface area contributed by atoms with Gasteiger partial charge < -0.3 is 10.3 Å². The van der Waals surface area contributed by atoms with E-state index in [1.807, 2.05) is 30.3 Å². The molecule has 1 aromatic heterocycles. The van der Waals surface area contributed by atoms with Gasteiger partial charge in [-0.2, -0.15) is 4.89 Å². The largest absolute Gasteiger partial charge is 0.373 e. The maximum absolute atomic E-state index is 12.3. The first kappa shape index (κ1) is 25.7. The number of carbonyl (C=O) groups excluding carboxylic acids is 1. The van der Waals surface area contributed by atoms with Gasteiger partial charge in [-0.25, -0.2) is 4.79 Å². The maximum atomic E-state index is 12.3. The maximum Gasteiger partial charge on any atom is 0.373 e. The van der Waals surface area contributed by atoms with Gasteiger partial charge in [-0.3, -0.25) is 4.89 Å². The topological polar surface area (TPSA) is 66.5 Å². The van der Waals surface area contributed by atoms with Crippen LogP contribution in [0.1, 0.15) is 38.8 Å². The van der Waals surface area contributed by atoms with Crippen LogP contribution in [0, 0.1) is 0 Å². The molecule has 192 valence electrons. The summed E-state index contributed by atoms with van der Waals surface area (Å²) in [5.41, 5.74) is 12.2. The first-order valence-corrected chi connectivity index (χ1v) is 13.0. The van der Waals surface area contributed by atoms with Crippen molar-refractivity contribution in [1.82, 2.24) is 4.57 Å². The minimum absolute atomic E-state index is 0.0618. The van der Waals surface area contributed by atoms with Crippen LogP contribution in [0.2, 0.25) is 5.02 Å². The van der Waals surface area contributed by atoms with E-state index in [4.69, 9.17) is 27.1 Å². The second kappa shape index (κ2) is 12.1. The molecule has 0 aliphatic carbocycles. The molecule has 2 N–H and O–H groups in total. The Balaban J connectivity index is 1.54. The van der Waals surface area contributed by atoms with E-state index in [9.17, 15) is 4.79 Å². The second-order valence-corrected chi connectivity index (χ2v) is 9.46. The van der Waals surface area contributed by atoms with Crippen molar-refractivity contribution in [3.63, 3.8) is 0 Å². The summed E-state index contributed by atoms with van der Waals surface area (Å²) in [4.78, 5) is 22.8. The third-order valence-electron chi connectivity index (χ3n) is 6.63. The number of nitrogens with two attached hydrogens (primary N) is 1. The van der Waals surface area contributed by atoms with Crippen molar-refractivity contribution in [2.75, 3.05) is 13.2 Å². The molecule has 1 heterocycles. The molecule has 0 amide bonds. The van der Waals surface area contributed by atoms with E-state index in [-0.39, 0.29) is 12.6 Å². The summed E-state index contributed by atoms with van der Waals surface area (Å²) in [5, 5.41) is 1.69. The van der Waals surface area contributed by atoms with Gasteiger partial charge in [0.05, 0.1) is 18.2 Å². The molecule has 5 rings (SSSR count). The Kier molecular flexibility index (Phi) is 8.19. The van der Waals surface area contributed by atoms with E-state index in [0.29, 0.717) is 30.0 Å². The summed E-state index contributed by atoms with van der Waals surface area (Å²) in [6, 6.07) is 35.6. The van der Waals surface area contributed by atoms with Gasteiger partial charge in [-0.05, 0) is 53.6 Å². The molecule has 0 radical (unpaired) electrons. The Morgan fingerprint density at radius 2 is 1.42 bits per heavy atom. The average Bonchev–Trinajstić information content (AvgIpc) is 3.24. The van der Waals surface area contributed by atoms with E-state index < -0.39 is 5.97 Å². The lowest BCUT2D eigenvalue weighted by atomic mass is 9.97. The number of hydrogen-bond acceptors (Lipinski definition) is 4. The second-order valence-electron chi connectivity index (χ2n) is 9.03. The van der Waals surface area contributed by atoms with Crippen LogP contribution in [0.3, 0.4) is 0 Å². The molecule has 6 heteroatoms. The lowest BCUT2D eigenvalue weighted by molar-refractivity contribution is -0.239. The molecule has 0 aliphatic rings. The predicted molar refractivity (Wildman–Crippen MR) is 151 cm³/mol. The average molecular weight is 525 g/mol. The van der Waals surface area contributed by atoms with Crippen LogP contribution >= 0.6 is 11.6 Å². The number of halogens is 1. The molecule has 0 spiro atoms. The van der Waals surface area contributed by atoms with E-state index in [1.54, 1.807) is 24.3 Å². The summed E-state index contributed by atoms with van der Waals surface area (Å²) in [6.45, 7) is 0.681. The fourth-order valence-electron chi connectivity index (χ4n) is 5.01. The highest BCUT2D eigenvalue weighted by molar-refractivity contribution is 6.31. The van der Waals surface area contributed by atoms with E-state index in [1.165, 1.54) is 11.1 Å².